The van der Waals surface area contributed by atoms with Gasteiger partial charge in [-0.05, 0) is 42.0 Å². The van der Waals surface area contributed by atoms with Gasteiger partial charge in [0.1, 0.15) is 16.6 Å². The zero-order valence-corrected chi connectivity index (χ0v) is 17.8. The highest BCUT2D eigenvalue weighted by Crippen LogP contribution is 2.26. The molecule has 0 saturated carbocycles. The van der Waals surface area contributed by atoms with E-state index in [-0.39, 0.29) is 12.3 Å². The molecule has 2 heterocycles. The summed E-state index contributed by atoms with van der Waals surface area (Å²) in [4.78, 5) is 17.1. The van der Waals surface area contributed by atoms with E-state index in [1.54, 1.807) is 24.1 Å². The molecule has 0 aliphatic rings. The molecule has 1 amide bonds. The summed E-state index contributed by atoms with van der Waals surface area (Å²) in [6.07, 6.45) is 1.86. The number of hydrogen-bond acceptors (Lipinski definition) is 5. The third kappa shape index (κ3) is 4.87. The lowest BCUT2D eigenvalue weighted by Crippen LogP contribution is -2.18. The zero-order chi connectivity index (χ0) is 20.9. The second-order valence-corrected chi connectivity index (χ2v) is 7.89. The highest BCUT2D eigenvalue weighted by atomic mass is 35.5. The van der Waals surface area contributed by atoms with Crippen molar-refractivity contribution in [3.05, 3.63) is 82.5 Å². The Bertz CT molecular complexity index is 1140. The number of amides is 1. The summed E-state index contributed by atoms with van der Waals surface area (Å²) < 4.78 is 6.92. The normalized spacial score (nSPS) is 10.7. The highest BCUT2D eigenvalue weighted by molar-refractivity contribution is 7.13. The van der Waals surface area contributed by atoms with E-state index in [0.717, 1.165) is 27.6 Å². The maximum absolute atomic E-state index is 12.5. The molecule has 30 heavy (non-hydrogen) atoms. The van der Waals surface area contributed by atoms with Gasteiger partial charge in [0, 0.05) is 22.0 Å². The van der Waals surface area contributed by atoms with Gasteiger partial charge in [-0.3, -0.25) is 4.79 Å². The van der Waals surface area contributed by atoms with Crippen LogP contribution in [0.1, 0.15) is 11.3 Å². The smallest absolute Gasteiger partial charge is 0.231 e. The summed E-state index contributed by atoms with van der Waals surface area (Å²) in [6.45, 7) is 0.540. The predicted octanol–water partition coefficient (Wildman–Crippen LogP) is 4.90. The van der Waals surface area contributed by atoms with Gasteiger partial charge in [-0.2, -0.15) is 5.10 Å². The van der Waals surface area contributed by atoms with Crippen molar-refractivity contribution in [3.8, 4) is 16.3 Å². The first-order chi connectivity index (χ1) is 14.6. The van der Waals surface area contributed by atoms with E-state index >= 15 is 0 Å². The fraction of sp³-hybridized carbons (Fsp3) is 0.136. The van der Waals surface area contributed by atoms with Gasteiger partial charge in [0.25, 0.3) is 0 Å². The van der Waals surface area contributed by atoms with E-state index in [1.165, 1.54) is 11.3 Å². The van der Waals surface area contributed by atoms with E-state index in [1.807, 2.05) is 53.9 Å². The molecule has 0 fully saturated rings. The minimum Gasteiger partial charge on any atom is -0.497 e. The lowest BCUT2D eigenvalue weighted by Gasteiger charge is -2.09. The quantitative estimate of drug-likeness (QED) is 0.445. The number of thiazole rings is 1. The number of anilines is 1. The summed E-state index contributed by atoms with van der Waals surface area (Å²) in [5, 5.41) is 10.7. The van der Waals surface area contributed by atoms with Gasteiger partial charge in [0.2, 0.25) is 5.91 Å². The van der Waals surface area contributed by atoms with Crippen LogP contribution >= 0.6 is 22.9 Å². The summed E-state index contributed by atoms with van der Waals surface area (Å²) in [7, 11) is 1.64. The summed E-state index contributed by atoms with van der Waals surface area (Å²) in [5.41, 5.74) is 2.77. The third-order valence-electron chi connectivity index (χ3n) is 4.46. The Balaban J connectivity index is 1.39. The standard InChI is InChI=1S/C22H19ClN4O2S/c1-29-19-8-4-16(5-9-19)22-25-18(14-30-22)12-21(28)26-20-10-11-24-27(20)13-15-2-6-17(23)7-3-15/h2-11,14H,12-13H2,1H3,(H,26,28). The molecule has 0 aliphatic carbocycles. The molecule has 2 aromatic heterocycles. The maximum Gasteiger partial charge on any atom is 0.231 e. The number of carbonyl (C=O) groups is 1. The number of benzene rings is 2. The molecular weight excluding hydrogens is 420 g/mol. The van der Waals surface area contributed by atoms with Crippen LogP contribution in [0.4, 0.5) is 5.82 Å². The molecule has 4 rings (SSSR count). The van der Waals surface area contributed by atoms with Crippen molar-refractivity contribution in [2.45, 2.75) is 13.0 Å². The molecule has 0 radical (unpaired) electrons. The van der Waals surface area contributed by atoms with Gasteiger partial charge in [0.15, 0.2) is 0 Å². The largest absolute Gasteiger partial charge is 0.497 e. The fourth-order valence-corrected chi connectivity index (χ4v) is 3.89. The van der Waals surface area contributed by atoms with Crippen LogP contribution in [0, 0.1) is 0 Å². The van der Waals surface area contributed by atoms with Crippen LogP contribution in [0.5, 0.6) is 5.75 Å². The lowest BCUT2D eigenvalue weighted by molar-refractivity contribution is -0.115. The van der Waals surface area contributed by atoms with Gasteiger partial charge in [-0.25, -0.2) is 9.67 Å². The summed E-state index contributed by atoms with van der Waals surface area (Å²) in [5.74, 6) is 1.30. The van der Waals surface area contributed by atoms with Crippen molar-refractivity contribution < 1.29 is 9.53 Å². The first-order valence-corrected chi connectivity index (χ1v) is 10.5. The molecule has 0 bridgehead atoms. The predicted molar refractivity (Wildman–Crippen MR) is 119 cm³/mol. The monoisotopic (exact) mass is 438 g/mol. The van der Waals surface area contributed by atoms with Crippen LogP contribution in [0.2, 0.25) is 5.02 Å². The highest BCUT2D eigenvalue weighted by Gasteiger charge is 2.12. The molecule has 0 unspecified atom stereocenters. The molecule has 0 aliphatic heterocycles. The maximum atomic E-state index is 12.5. The molecule has 0 atom stereocenters. The fourth-order valence-electron chi connectivity index (χ4n) is 2.93. The van der Waals surface area contributed by atoms with Gasteiger partial charge < -0.3 is 10.1 Å². The van der Waals surface area contributed by atoms with Crippen LogP contribution in [0.3, 0.4) is 0 Å². The van der Waals surface area contributed by atoms with Crippen LogP contribution in [-0.4, -0.2) is 27.8 Å². The Labute approximate surface area is 183 Å². The number of nitrogens with zero attached hydrogens (tertiary/aromatic N) is 3. The summed E-state index contributed by atoms with van der Waals surface area (Å²) in [6, 6.07) is 17.0. The molecule has 0 spiro atoms. The Morgan fingerprint density at radius 1 is 1.13 bits per heavy atom. The lowest BCUT2D eigenvalue weighted by atomic mass is 10.2. The van der Waals surface area contributed by atoms with Crippen molar-refractivity contribution in [3.63, 3.8) is 0 Å². The van der Waals surface area contributed by atoms with Gasteiger partial charge in [0.05, 0.1) is 32.0 Å². The van der Waals surface area contributed by atoms with Crippen LogP contribution in [0.15, 0.2) is 66.2 Å². The number of nitrogens with one attached hydrogen (secondary N) is 1. The topological polar surface area (TPSA) is 69.0 Å². The Hall–Kier alpha value is -3.16. The molecule has 8 heteroatoms. The van der Waals surface area contributed by atoms with Crippen molar-refractivity contribution >= 4 is 34.7 Å². The van der Waals surface area contributed by atoms with Gasteiger partial charge >= 0.3 is 0 Å². The van der Waals surface area contributed by atoms with Crippen LogP contribution in [-0.2, 0) is 17.8 Å². The Morgan fingerprint density at radius 3 is 2.63 bits per heavy atom. The van der Waals surface area contributed by atoms with Gasteiger partial charge in [-0.15, -0.1) is 11.3 Å². The number of carbonyl (C=O) groups excluding carboxylic acids is 1. The number of rotatable bonds is 7. The third-order valence-corrected chi connectivity index (χ3v) is 5.65. The second kappa shape index (κ2) is 9.11. The molecular formula is C22H19ClN4O2S. The molecule has 1 N–H and O–H groups in total. The number of aromatic nitrogens is 3. The van der Waals surface area contributed by atoms with Crippen molar-refractivity contribution in [1.29, 1.82) is 0 Å². The minimum absolute atomic E-state index is 0.139. The van der Waals surface area contributed by atoms with E-state index < -0.39 is 0 Å². The second-order valence-electron chi connectivity index (χ2n) is 6.60. The number of halogens is 1. The molecule has 0 saturated heterocycles. The van der Waals surface area contributed by atoms with E-state index in [9.17, 15) is 4.79 Å². The average molecular weight is 439 g/mol. The number of hydrogen-bond donors (Lipinski definition) is 1. The zero-order valence-electron chi connectivity index (χ0n) is 16.2. The van der Waals surface area contributed by atoms with E-state index in [0.29, 0.717) is 17.4 Å². The first-order valence-electron chi connectivity index (χ1n) is 9.25. The SMILES string of the molecule is COc1ccc(-c2nc(CC(=O)Nc3ccnn3Cc3ccc(Cl)cc3)cs2)cc1. The first kappa shape index (κ1) is 20.1. The van der Waals surface area contributed by atoms with E-state index in [4.69, 9.17) is 16.3 Å². The number of ether oxygens (including phenoxy) is 1. The molecule has 2 aromatic carbocycles. The van der Waals surface area contributed by atoms with Crippen molar-refractivity contribution in [1.82, 2.24) is 14.8 Å². The summed E-state index contributed by atoms with van der Waals surface area (Å²) >= 11 is 7.45. The van der Waals surface area contributed by atoms with Crippen molar-refractivity contribution in [2.24, 2.45) is 0 Å². The number of methoxy groups -OCH3 is 1. The Kier molecular flexibility index (Phi) is 6.11. The average Bonchev–Trinajstić information content (AvgIpc) is 3.39. The van der Waals surface area contributed by atoms with Crippen LogP contribution in [0.25, 0.3) is 10.6 Å². The molecule has 6 nitrogen and oxygen atoms in total. The Morgan fingerprint density at radius 2 is 1.90 bits per heavy atom. The van der Waals surface area contributed by atoms with Crippen LogP contribution < -0.4 is 10.1 Å². The van der Waals surface area contributed by atoms with E-state index in [2.05, 4.69) is 15.4 Å². The van der Waals surface area contributed by atoms with Gasteiger partial charge in [-0.1, -0.05) is 23.7 Å². The molecule has 152 valence electrons. The molecule has 4 aromatic rings. The van der Waals surface area contributed by atoms with Crippen molar-refractivity contribution in [2.75, 3.05) is 12.4 Å². The minimum atomic E-state index is -0.139.